The minimum Gasteiger partial charge on any atom is -0.356 e. The molecule has 0 spiro atoms. The van der Waals surface area contributed by atoms with Crippen molar-refractivity contribution in [2.24, 2.45) is 5.92 Å². The van der Waals surface area contributed by atoms with Crippen molar-refractivity contribution in [3.8, 4) is 0 Å². The first-order chi connectivity index (χ1) is 15.2. The maximum absolute atomic E-state index is 12.8. The second-order valence-electron chi connectivity index (χ2n) is 9.38. The number of rotatable bonds is 5. The second kappa shape index (κ2) is 8.93. The van der Waals surface area contributed by atoms with Crippen molar-refractivity contribution in [2.75, 3.05) is 31.1 Å². The summed E-state index contributed by atoms with van der Waals surface area (Å²) in [6, 6.07) is 6.11. The van der Waals surface area contributed by atoms with Crippen LogP contribution in [0.3, 0.4) is 0 Å². The van der Waals surface area contributed by atoms with Crippen molar-refractivity contribution < 1.29 is 4.79 Å². The van der Waals surface area contributed by atoms with Crippen molar-refractivity contribution in [1.82, 2.24) is 19.9 Å². The summed E-state index contributed by atoms with van der Waals surface area (Å²) in [5, 5.41) is 0. The topological polar surface area (TPSA) is 62.2 Å². The van der Waals surface area contributed by atoms with E-state index in [4.69, 9.17) is 9.97 Å². The molecule has 2 fully saturated rings. The lowest BCUT2D eigenvalue weighted by molar-refractivity contribution is -0.139. The van der Waals surface area contributed by atoms with E-state index in [1.165, 1.54) is 12.0 Å². The van der Waals surface area contributed by atoms with Crippen LogP contribution in [0.15, 0.2) is 24.4 Å². The van der Waals surface area contributed by atoms with Crippen LogP contribution in [0.1, 0.15) is 67.2 Å². The summed E-state index contributed by atoms with van der Waals surface area (Å²) < 4.78 is 0. The van der Waals surface area contributed by atoms with E-state index in [1.54, 1.807) is 0 Å². The zero-order chi connectivity index (χ0) is 21.2. The van der Waals surface area contributed by atoms with Gasteiger partial charge < -0.3 is 9.80 Å². The molecule has 2 aromatic heterocycles. The van der Waals surface area contributed by atoms with Crippen LogP contribution >= 0.6 is 0 Å². The number of fused-ring (bicyclic) bond motifs is 1. The van der Waals surface area contributed by atoms with E-state index in [0.29, 0.717) is 5.91 Å². The molecule has 2 aromatic rings. The summed E-state index contributed by atoms with van der Waals surface area (Å²) in [4.78, 5) is 31.9. The molecule has 3 aliphatic rings. The zero-order valence-electron chi connectivity index (χ0n) is 18.6. The van der Waals surface area contributed by atoms with Crippen LogP contribution in [-0.2, 0) is 17.6 Å². The highest BCUT2D eigenvalue weighted by atomic mass is 16.2. The predicted octanol–water partition coefficient (Wildman–Crippen LogP) is 3.68. The summed E-state index contributed by atoms with van der Waals surface area (Å²) in [5.74, 6) is 2.94. The number of nitrogens with zero attached hydrogens (tertiary/aromatic N) is 5. The lowest BCUT2D eigenvalue weighted by atomic mass is 9.83. The molecule has 0 N–H and O–H groups in total. The normalized spacial score (nSPS) is 21.5. The first-order valence-corrected chi connectivity index (χ1v) is 12.0. The Morgan fingerprint density at radius 3 is 2.77 bits per heavy atom. The fraction of sp³-hybridized carbons (Fsp3) is 0.600. The molecule has 6 nitrogen and oxygen atoms in total. The maximum atomic E-state index is 12.8. The fourth-order valence-corrected chi connectivity index (χ4v) is 5.21. The molecule has 0 radical (unpaired) electrons. The fourth-order valence-electron chi connectivity index (χ4n) is 5.21. The summed E-state index contributed by atoms with van der Waals surface area (Å²) in [6.07, 6.45) is 10.4. The van der Waals surface area contributed by atoms with Gasteiger partial charge in [0.1, 0.15) is 11.6 Å². The zero-order valence-corrected chi connectivity index (χ0v) is 18.6. The second-order valence-corrected chi connectivity index (χ2v) is 9.38. The molecule has 1 saturated heterocycles. The Balaban J connectivity index is 1.34. The highest BCUT2D eigenvalue weighted by Gasteiger charge is 2.34. The van der Waals surface area contributed by atoms with Crippen LogP contribution in [0, 0.1) is 12.8 Å². The number of amides is 1. The van der Waals surface area contributed by atoms with Gasteiger partial charge in [0.2, 0.25) is 5.91 Å². The van der Waals surface area contributed by atoms with Crippen LogP contribution < -0.4 is 4.90 Å². The van der Waals surface area contributed by atoms with E-state index in [0.717, 1.165) is 94.2 Å². The molecule has 0 bridgehead atoms. The number of likely N-dealkylation sites (tertiary alicyclic amines) is 1. The first-order valence-electron chi connectivity index (χ1n) is 12.0. The highest BCUT2D eigenvalue weighted by molar-refractivity contribution is 5.79. The Morgan fingerprint density at radius 2 is 2.00 bits per heavy atom. The molecule has 1 amide bonds. The first kappa shape index (κ1) is 20.4. The van der Waals surface area contributed by atoms with Crippen LogP contribution in [0.5, 0.6) is 0 Å². The molecule has 31 heavy (non-hydrogen) atoms. The Hall–Kier alpha value is -2.50. The number of pyridine rings is 1. The molecule has 1 unspecified atom stereocenters. The molecule has 6 heteroatoms. The summed E-state index contributed by atoms with van der Waals surface area (Å²) in [7, 11) is 0. The summed E-state index contributed by atoms with van der Waals surface area (Å²) in [6.45, 7) is 5.77. The van der Waals surface area contributed by atoms with Gasteiger partial charge in [-0.2, -0.15) is 0 Å². The van der Waals surface area contributed by atoms with E-state index in [2.05, 4.69) is 33.8 Å². The lowest BCUT2D eigenvalue weighted by Gasteiger charge is -2.37. The van der Waals surface area contributed by atoms with Crippen molar-refractivity contribution in [2.45, 2.75) is 64.2 Å². The molecule has 1 atom stereocenters. The van der Waals surface area contributed by atoms with E-state index in [1.807, 2.05) is 12.3 Å². The molecular weight excluding hydrogens is 386 g/mol. The average Bonchev–Trinajstić information content (AvgIpc) is 2.77. The number of hydrogen-bond acceptors (Lipinski definition) is 5. The molecule has 1 saturated carbocycles. The molecular formula is C25H33N5O. The minimum absolute atomic E-state index is 0.251. The third-order valence-corrected chi connectivity index (χ3v) is 7.28. The molecule has 5 rings (SSSR count). The van der Waals surface area contributed by atoms with E-state index in [-0.39, 0.29) is 11.8 Å². The number of piperidine rings is 1. The quantitative estimate of drug-likeness (QED) is 0.740. The Labute approximate surface area is 185 Å². The number of anilines is 1. The lowest BCUT2D eigenvalue weighted by Crippen LogP contribution is -2.44. The number of aryl methyl sites for hydroxylation is 1. The Morgan fingerprint density at radius 1 is 1.10 bits per heavy atom. The van der Waals surface area contributed by atoms with Gasteiger partial charge in [-0.3, -0.25) is 9.78 Å². The monoisotopic (exact) mass is 419 g/mol. The third kappa shape index (κ3) is 4.30. The average molecular weight is 420 g/mol. The predicted molar refractivity (Wildman–Crippen MR) is 121 cm³/mol. The van der Waals surface area contributed by atoms with Gasteiger partial charge in [-0.15, -0.1) is 0 Å². The molecule has 1 aliphatic carbocycles. The number of carbonyl (C=O) groups excluding carboxylic acids is 1. The van der Waals surface area contributed by atoms with Crippen LogP contribution in [-0.4, -0.2) is 51.9 Å². The van der Waals surface area contributed by atoms with E-state index >= 15 is 0 Å². The van der Waals surface area contributed by atoms with Crippen molar-refractivity contribution in [3.05, 3.63) is 47.2 Å². The summed E-state index contributed by atoms with van der Waals surface area (Å²) in [5.41, 5.74) is 3.54. The van der Waals surface area contributed by atoms with Crippen molar-refractivity contribution in [3.63, 3.8) is 0 Å². The van der Waals surface area contributed by atoms with Crippen molar-refractivity contribution in [1.29, 1.82) is 0 Å². The standard InChI is InChI=1S/C25H33N5O/c1-18-22-11-6-14-29(16-12-21-10-2-3-13-26-21)24(22)28-23(27-18)20-9-5-15-30(17-20)25(31)19-7-4-8-19/h2-3,10,13,19-20H,4-9,11-12,14-17H2,1H3. The van der Waals surface area contributed by atoms with E-state index < -0.39 is 0 Å². The Bertz CT molecular complexity index is 927. The minimum atomic E-state index is 0.251. The van der Waals surface area contributed by atoms with Crippen LogP contribution in [0.25, 0.3) is 0 Å². The Kier molecular flexibility index (Phi) is 5.88. The smallest absolute Gasteiger partial charge is 0.225 e. The van der Waals surface area contributed by atoms with Gasteiger partial charge in [-0.05, 0) is 57.6 Å². The SMILES string of the molecule is Cc1nc(C2CCCN(C(=O)C3CCC3)C2)nc2c1CCCN2CCc1ccccn1. The highest BCUT2D eigenvalue weighted by Crippen LogP contribution is 2.34. The van der Waals surface area contributed by atoms with Gasteiger partial charge in [0, 0.05) is 67.6 Å². The van der Waals surface area contributed by atoms with Gasteiger partial charge in [0.25, 0.3) is 0 Å². The molecule has 2 aliphatic heterocycles. The number of carbonyl (C=O) groups is 1. The molecule has 164 valence electrons. The van der Waals surface area contributed by atoms with E-state index in [9.17, 15) is 4.79 Å². The van der Waals surface area contributed by atoms with Gasteiger partial charge in [-0.25, -0.2) is 9.97 Å². The largest absolute Gasteiger partial charge is 0.356 e. The van der Waals surface area contributed by atoms with Gasteiger partial charge >= 0.3 is 0 Å². The van der Waals surface area contributed by atoms with Crippen LogP contribution in [0.4, 0.5) is 5.82 Å². The molecule has 0 aromatic carbocycles. The summed E-state index contributed by atoms with van der Waals surface area (Å²) >= 11 is 0. The van der Waals surface area contributed by atoms with Gasteiger partial charge in [-0.1, -0.05) is 12.5 Å². The van der Waals surface area contributed by atoms with Gasteiger partial charge in [0.05, 0.1) is 0 Å². The van der Waals surface area contributed by atoms with Crippen LogP contribution in [0.2, 0.25) is 0 Å². The molecule has 4 heterocycles. The number of hydrogen-bond donors (Lipinski definition) is 0. The third-order valence-electron chi connectivity index (χ3n) is 7.28. The van der Waals surface area contributed by atoms with Gasteiger partial charge in [0.15, 0.2) is 0 Å². The number of aromatic nitrogens is 3. The maximum Gasteiger partial charge on any atom is 0.225 e. The van der Waals surface area contributed by atoms with Crippen molar-refractivity contribution >= 4 is 11.7 Å².